The zero-order chi connectivity index (χ0) is 22.7. The first-order valence-electron chi connectivity index (χ1n) is 10.7. The molecule has 1 atom stereocenters. The summed E-state index contributed by atoms with van der Waals surface area (Å²) in [5.41, 5.74) is 7.34. The third-order valence-electron chi connectivity index (χ3n) is 4.86. The fourth-order valence-electron chi connectivity index (χ4n) is 3.16. The molecule has 2 rings (SSSR count). The molecule has 0 aliphatic rings. The van der Waals surface area contributed by atoms with Gasteiger partial charge in [0.15, 0.2) is 6.23 Å². The molecule has 0 spiro atoms. The van der Waals surface area contributed by atoms with Crippen molar-refractivity contribution in [3.8, 4) is 11.4 Å². The van der Waals surface area contributed by atoms with E-state index < -0.39 is 18.4 Å². The summed E-state index contributed by atoms with van der Waals surface area (Å²) < 4.78 is 45.7. The molecule has 2 aromatic rings. The van der Waals surface area contributed by atoms with Gasteiger partial charge in [-0.05, 0) is 18.4 Å². The van der Waals surface area contributed by atoms with E-state index in [1.165, 1.54) is 50.5 Å². The molecule has 1 unspecified atom stereocenters. The van der Waals surface area contributed by atoms with Gasteiger partial charge in [-0.25, -0.2) is 4.79 Å². The van der Waals surface area contributed by atoms with Crippen molar-refractivity contribution < 1.29 is 27.2 Å². The Morgan fingerprint density at radius 2 is 1.68 bits per heavy atom. The van der Waals surface area contributed by atoms with Crippen LogP contribution in [0.15, 0.2) is 28.8 Å². The molecule has 1 aromatic heterocycles. The molecule has 31 heavy (non-hydrogen) atoms. The Kier molecular flexibility index (Phi) is 9.97. The smallest absolute Gasteiger partial charge is 0.440 e. The molecule has 172 valence electrons. The first-order valence-corrected chi connectivity index (χ1v) is 10.7. The Labute approximate surface area is 180 Å². The van der Waals surface area contributed by atoms with Gasteiger partial charge in [0.2, 0.25) is 11.7 Å². The SMILES string of the molecule is CCCCCCCCCCc1ccc(-c2noc(CC(N)OC(=O)C(F)(F)F)n2)cc1. The highest BCUT2D eigenvalue weighted by Crippen LogP contribution is 2.20. The summed E-state index contributed by atoms with van der Waals surface area (Å²) in [5, 5.41) is 3.81. The van der Waals surface area contributed by atoms with Crippen molar-refractivity contribution in [3.63, 3.8) is 0 Å². The number of halogens is 3. The molecule has 0 aliphatic heterocycles. The lowest BCUT2D eigenvalue weighted by molar-refractivity contribution is -0.204. The van der Waals surface area contributed by atoms with Crippen LogP contribution in [-0.4, -0.2) is 28.5 Å². The molecule has 2 N–H and O–H groups in total. The van der Waals surface area contributed by atoms with Crippen LogP contribution in [0.5, 0.6) is 0 Å². The predicted molar refractivity (Wildman–Crippen MR) is 110 cm³/mol. The van der Waals surface area contributed by atoms with E-state index >= 15 is 0 Å². The highest BCUT2D eigenvalue weighted by molar-refractivity contribution is 5.75. The Hall–Kier alpha value is -2.42. The summed E-state index contributed by atoms with van der Waals surface area (Å²) in [4.78, 5) is 14.9. The van der Waals surface area contributed by atoms with Crippen molar-refractivity contribution in [2.45, 2.75) is 83.5 Å². The number of aryl methyl sites for hydroxylation is 1. The normalized spacial score (nSPS) is 12.7. The van der Waals surface area contributed by atoms with Gasteiger partial charge in [-0.3, -0.25) is 5.73 Å². The number of hydrogen-bond acceptors (Lipinski definition) is 6. The molecule has 0 aliphatic carbocycles. The van der Waals surface area contributed by atoms with Gasteiger partial charge in [0, 0.05) is 5.56 Å². The minimum Gasteiger partial charge on any atom is -0.440 e. The molecule has 0 saturated carbocycles. The van der Waals surface area contributed by atoms with Gasteiger partial charge < -0.3 is 9.26 Å². The number of ether oxygens (including phenoxy) is 1. The molecule has 6 nitrogen and oxygen atoms in total. The number of carbonyl (C=O) groups excluding carboxylic acids is 1. The molecule has 0 radical (unpaired) electrons. The lowest BCUT2D eigenvalue weighted by atomic mass is 10.0. The highest BCUT2D eigenvalue weighted by Gasteiger charge is 2.42. The van der Waals surface area contributed by atoms with Gasteiger partial charge in [0.25, 0.3) is 0 Å². The van der Waals surface area contributed by atoms with Crippen LogP contribution in [0.2, 0.25) is 0 Å². The molecular weight excluding hydrogens is 411 g/mol. The number of nitrogens with two attached hydrogens (primary N) is 1. The quantitative estimate of drug-likeness (QED) is 0.256. The largest absolute Gasteiger partial charge is 0.490 e. The summed E-state index contributed by atoms with van der Waals surface area (Å²) in [5.74, 6) is -2.07. The monoisotopic (exact) mass is 441 g/mol. The van der Waals surface area contributed by atoms with E-state index in [0.29, 0.717) is 5.82 Å². The Bertz CT molecular complexity index is 791. The van der Waals surface area contributed by atoms with E-state index in [2.05, 4.69) is 21.8 Å². The average molecular weight is 441 g/mol. The van der Waals surface area contributed by atoms with Gasteiger partial charge in [-0.1, -0.05) is 81.3 Å². The van der Waals surface area contributed by atoms with Crippen molar-refractivity contribution in [1.82, 2.24) is 10.1 Å². The van der Waals surface area contributed by atoms with Crippen LogP contribution in [0.3, 0.4) is 0 Å². The van der Waals surface area contributed by atoms with E-state index in [4.69, 9.17) is 10.3 Å². The van der Waals surface area contributed by atoms with Crippen LogP contribution in [0.25, 0.3) is 11.4 Å². The molecule has 9 heteroatoms. The first kappa shape index (κ1) is 24.8. The van der Waals surface area contributed by atoms with Crippen LogP contribution >= 0.6 is 0 Å². The van der Waals surface area contributed by atoms with Gasteiger partial charge in [0.05, 0.1) is 6.42 Å². The van der Waals surface area contributed by atoms with Crippen molar-refractivity contribution in [2.75, 3.05) is 0 Å². The zero-order valence-corrected chi connectivity index (χ0v) is 17.8. The summed E-state index contributed by atoms with van der Waals surface area (Å²) in [7, 11) is 0. The maximum Gasteiger partial charge on any atom is 0.490 e. The summed E-state index contributed by atoms with van der Waals surface area (Å²) >= 11 is 0. The number of aromatic nitrogens is 2. The van der Waals surface area contributed by atoms with Crippen molar-refractivity contribution in [3.05, 3.63) is 35.7 Å². The Morgan fingerprint density at radius 1 is 1.06 bits per heavy atom. The van der Waals surface area contributed by atoms with Crippen molar-refractivity contribution in [2.24, 2.45) is 5.73 Å². The van der Waals surface area contributed by atoms with Crippen molar-refractivity contribution in [1.29, 1.82) is 0 Å². The molecule has 0 amide bonds. The van der Waals surface area contributed by atoms with E-state index in [9.17, 15) is 18.0 Å². The number of carbonyl (C=O) groups is 1. The standard InChI is InChI=1S/C22H30F3N3O3/c1-2-3-4-5-6-7-8-9-10-16-11-13-17(14-12-16)20-27-19(31-28-20)15-18(26)30-21(29)22(23,24)25/h11-14,18H,2-10,15,26H2,1H3. The summed E-state index contributed by atoms with van der Waals surface area (Å²) in [6.45, 7) is 2.22. The van der Waals surface area contributed by atoms with Gasteiger partial charge in [0.1, 0.15) is 0 Å². The lowest BCUT2D eigenvalue weighted by Gasteiger charge is -2.12. The maximum absolute atomic E-state index is 12.2. The van der Waals surface area contributed by atoms with Crippen LogP contribution < -0.4 is 5.73 Å². The molecule has 0 saturated heterocycles. The fraction of sp³-hybridized carbons (Fsp3) is 0.591. The fourth-order valence-corrected chi connectivity index (χ4v) is 3.16. The van der Waals surface area contributed by atoms with Crippen LogP contribution in [0.1, 0.15) is 69.7 Å². The van der Waals surface area contributed by atoms with Gasteiger partial charge in [-0.15, -0.1) is 0 Å². The van der Waals surface area contributed by atoms with Crippen LogP contribution in [-0.2, 0) is 22.4 Å². The van der Waals surface area contributed by atoms with Gasteiger partial charge >= 0.3 is 12.1 Å². The summed E-state index contributed by atoms with van der Waals surface area (Å²) in [6, 6.07) is 7.75. The molecule has 0 bridgehead atoms. The zero-order valence-electron chi connectivity index (χ0n) is 17.8. The average Bonchev–Trinajstić information content (AvgIpc) is 3.18. The predicted octanol–water partition coefficient (Wildman–Crippen LogP) is 5.35. The second-order valence-electron chi connectivity index (χ2n) is 7.58. The minimum atomic E-state index is -5.10. The second-order valence-corrected chi connectivity index (χ2v) is 7.58. The summed E-state index contributed by atoms with van der Waals surface area (Å²) in [6.07, 6.45) is 4.26. The van der Waals surface area contributed by atoms with E-state index in [1.807, 2.05) is 24.3 Å². The maximum atomic E-state index is 12.2. The van der Waals surface area contributed by atoms with Crippen LogP contribution in [0.4, 0.5) is 13.2 Å². The van der Waals surface area contributed by atoms with Crippen molar-refractivity contribution >= 4 is 5.97 Å². The highest BCUT2D eigenvalue weighted by atomic mass is 19.4. The van der Waals surface area contributed by atoms with E-state index in [0.717, 1.165) is 18.4 Å². The number of esters is 1. The minimum absolute atomic E-state index is 0.0134. The third-order valence-corrected chi connectivity index (χ3v) is 4.86. The lowest BCUT2D eigenvalue weighted by Crippen LogP contribution is -2.36. The van der Waals surface area contributed by atoms with Crippen LogP contribution in [0, 0.1) is 0 Å². The van der Waals surface area contributed by atoms with E-state index in [-0.39, 0.29) is 12.3 Å². The second kappa shape index (κ2) is 12.4. The topological polar surface area (TPSA) is 91.2 Å². The molecule has 0 fully saturated rings. The van der Waals surface area contributed by atoms with E-state index in [1.54, 1.807) is 0 Å². The number of nitrogens with zero attached hydrogens (tertiary/aromatic N) is 2. The number of unbranched alkanes of at least 4 members (excludes halogenated alkanes) is 7. The number of alkyl halides is 3. The third kappa shape index (κ3) is 9.08. The number of rotatable bonds is 13. The Morgan fingerprint density at radius 3 is 2.29 bits per heavy atom. The van der Waals surface area contributed by atoms with Gasteiger partial charge in [-0.2, -0.15) is 18.2 Å². The molecular formula is C22H30F3N3O3. The molecule has 1 aromatic carbocycles. The number of benzene rings is 1. The Balaban J connectivity index is 1.75. The number of hydrogen-bond donors (Lipinski definition) is 1. The molecule has 1 heterocycles. The first-order chi connectivity index (χ1) is 14.8.